The first kappa shape index (κ1) is 19.9. The number of hydrogen-bond donors (Lipinski definition) is 1. The van der Waals surface area contributed by atoms with E-state index in [1.165, 1.54) is 43.5 Å². The number of anilines is 2. The van der Waals surface area contributed by atoms with Crippen LogP contribution in [0, 0.1) is 11.3 Å². The molecule has 0 saturated carbocycles. The largest absolute Gasteiger partial charge is 0.465 e. The van der Waals surface area contributed by atoms with Gasteiger partial charge in [0.15, 0.2) is 0 Å². The number of rotatable bonds is 6. The first-order chi connectivity index (χ1) is 12.7. The number of hydrogen-bond acceptors (Lipinski definition) is 6. The lowest BCUT2D eigenvalue weighted by Crippen LogP contribution is -2.37. The third-order valence-corrected chi connectivity index (χ3v) is 4.68. The van der Waals surface area contributed by atoms with Crippen molar-refractivity contribution >= 4 is 33.3 Å². The highest BCUT2D eigenvalue weighted by Gasteiger charge is 2.22. The van der Waals surface area contributed by atoms with Gasteiger partial charge in [-0.3, -0.25) is 9.10 Å². The van der Waals surface area contributed by atoms with Crippen LogP contribution in [0.5, 0.6) is 0 Å². The molecule has 0 heterocycles. The smallest absolute Gasteiger partial charge is 0.337 e. The van der Waals surface area contributed by atoms with Crippen LogP contribution in [0.2, 0.25) is 0 Å². The maximum absolute atomic E-state index is 12.3. The molecule has 8 nitrogen and oxygen atoms in total. The minimum absolute atomic E-state index is 0.162. The molecule has 2 aromatic carbocycles. The second-order valence-corrected chi connectivity index (χ2v) is 7.46. The van der Waals surface area contributed by atoms with Crippen LogP contribution in [-0.2, 0) is 19.6 Å². The van der Waals surface area contributed by atoms with E-state index < -0.39 is 28.4 Å². The van der Waals surface area contributed by atoms with Crippen molar-refractivity contribution in [2.24, 2.45) is 0 Å². The van der Waals surface area contributed by atoms with Crippen molar-refractivity contribution in [2.45, 2.75) is 0 Å². The van der Waals surface area contributed by atoms with Crippen LogP contribution in [0.3, 0.4) is 0 Å². The van der Waals surface area contributed by atoms with Crippen LogP contribution in [0.25, 0.3) is 0 Å². The van der Waals surface area contributed by atoms with Crippen LogP contribution < -0.4 is 9.62 Å². The number of esters is 1. The standard InChI is InChI=1S/C18H17N3O5S/c1-26-18(23)14-4-3-5-16(10-14)21(27(2,24)25)12-17(22)20-15-8-6-13(11-19)7-9-15/h3-10H,12H2,1-2H3,(H,20,22). The number of carbonyl (C=O) groups excluding carboxylic acids is 2. The average molecular weight is 387 g/mol. The molecule has 2 aromatic rings. The minimum atomic E-state index is -3.79. The summed E-state index contributed by atoms with van der Waals surface area (Å²) in [6.45, 7) is -0.483. The summed E-state index contributed by atoms with van der Waals surface area (Å²) in [5.41, 5.74) is 1.19. The first-order valence-electron chi connectivity index (χ1n) is 7.70. The number of amides is 1. The maximum Gasteiger partial charge on any atom is 0.337 e. The zero-order valence-electron chi connectivity index (χ0n) is 14.7. The van der Waals surface area contributed by atoms with Crippen molar-refractivity contribution in [1.82, 2.24) is 0 Å². The van der Waals surface area contributed by atoms with Gasteiger partial charge in [-0.2, -0.15) is 5.26 Å². The monoisotopic (exact) mass is 387 g/mol. The van der Waals surface area contributed by atoms with Crippen molar-refractivity contribution in [3.05, 3.63) is 59.7 Å². The Morgan fingerprint density at radius 3 is 2.41 bits per heavy atom. The predicted octanol–water partition coefficient (Wildman–Crippen LogP) is 1.75. The van der Waals surface area contributed by atoms with E-state index in [0.717, 1.165) is 10.6 Å². The highest BCUT2D eigenvalue weighted by atomic mass is 32.2. The van der Waals surface area contributed by atoms with Gasteiger partial charge in [-0.1, -0.05) is 6.07 Å². The summed E-state index contributed by atoms with van der Waals surface area (Å²) in [6.07, 6.45) is 0.965. The number of nitrogens with one attached hydrogen (secondary N) is 1. The molecular weight excluding hydrogens is 370 g/mol. The number of sulfonamides is 1. The van der Waals surface area contributed by atoms with Crippen molar-refractivity contribution in [3.8, 4) is 6.07 Å². The van der Waals surface area contributed by atoms with Gasteiger partial charge in [-0.15, -0.1) is 0 Å². The fourth-order valence-corrected chi connectivity index (χ4v) is 3.11. The summed E-state index contributed by atoms with van der Waals surface area (Å²) in [5, 5.41) is 11.3. The fourth-order valence-electron chi connectivity index (χ4n) is 2.26. The lowest BCUT2D eigenvalue weighted by Gasteiger charge is -2.22. The van der Waals surface area contributed by atoms with E-state index in [1.54, 1.807) is 12.1 Å². The van der Waals surface area contributed by atoms with E-state index in [2.05, 4.69) is 10.1 Å². The van der Waals surface area contributed by atoms with E-state index in [4.69, 9.17) is 5.26 Å². The van der Waals surface area contributed by atoms with Crippen molar-refractivity contribution in [2.75, 3.05) is 29.5 Å². The molecule has 1 N–H and O–H groups in total. The van der Waals surface area contributed by atoms with E-state index in [0.29, 0.717) is 11.3 Å². The minimum Gasteiger partial charge on any atom is -0.465 e. The van der Waals surface area contributed by atoms with Crippen molar-refractivity contribution in [1.29, 1.82) is 5.26 Å². The molecule has 27 heavy (non-hydrogen) atoms. The summed E-state index contributed by atoms with van der Waals surface area (Å²) >= 11 is 0. The molecular formula is C18H17N3O5S. The fraction of sp³-hybridized carbons (Fsp3) is 0.167. The molecule has 0 bridgehead atoms. The van der Waals surface area contributed by atoms with E-state index in [1.807, 2.05) is 6.07 Å². The lowest BCUT2D eigenvalue weighted by atomic mass is 10.2. The molecule has 0 aromatic heterocycles. The second-order valence-electron chi connectivity index (χ2n) is 5.55. The Morgan fingerprint density at radius 2 is 1.85 bits per heavy atom. The Morgan fingerprint density at radius 1 is 1.19 bits per heavy atom. The number of benzene rings is 2. The molecule has 0 spiro atoms. The molecule has 140 valence electrons. The Bertz CT molecular complexity index is 994. The van der Waals surface area contributed by atoms with Gasteiger partial charge in [0.2, 0.25) is 15.9 Å². The van der Waals surface area contributed by atoms with Crippen LogP contribution >= 0.6 is 0 Å². The van der Waals surface area contributed by atoms with Gasteiger partial charge in [0.1, 0.15) is 6.54 Å². The summed E-state index contributed by atoms with van der Waals surface area (Å²) in [7, 11) is -2.57. The molecule has 9 heteroatoms. The molecule has 0 fully saturated rings. The quantitative estimate of drug-likeness (QED) is 0.755. The second kappa shape index (κ2) is 8.33. The molecule has 1 amide bonds. The lowest BCUT2D eigenvalue weighted by molar-refractivity contribution is -0.114. The molecule has 0 unspecified atom stereocenters. The summed E-state index contributed by atoms with van der Waals surface area (Å²) in [4.78, 5) is 24.0. The molecule has 0 radical (unpaired) electrons. The van der Waals surface area contributed by atoms with Crippen molar-refractivity contribution in [3.63, 3.8) is 0 Å². The van der Waals surface area contributed by atoms with Gasteiger partial charge in [0, 0.05) is 5.69 Å². The van der Waals surface area contributed by atoms with Crippen LogP contribution in [0.15, 0.2) is 48.5 Å². The Balaban J connectivity index is 2.23. The molecule has 0 atom stereocenters. The van der Waals surface area contributed by atoms with Crippen LogP contribution in [-0.4, -0.2) is 40.2 Å². The maximum atomic E-state index is 12.3. The topological polar surface area (TPSA) is 117 Å². The first-order valence-corrected chi connectivity index (χ1v) is 9.55. The number of nitrogens with zero attached hydrogens (tertiary/aromatic N) is 2. The zero-order valence-corrected chi connectivity index (χ0v) is 15.5. The molecule has 0 saturated heterocycles. The number of ether oxygens (including phenoxy) is 1. The summed E-state index contributed by atoms with van der Waals surface area (Å²) in [5.74, 6) is -1.19. The van der Waals surface area contributed by atoms with E-state index in [-0.39, 0.29) is 11.3 Å². The Hall–Kier alpha value is -3.38. The van der Waals surface area contributed by atoms with Crippen molar-refractivity contribution < 1.29 is 22.7 Å². The van der Waals surface area contributed by atoms with E-state index >= 15 is 0 Å². The molecule has 0 aliphatic rings. The van der Waals surface area contributed by atoms with Gasteiger partial charge < -0.3 is 10.1 Å². The van der Waals surface area contributed by atoms with Gasteiger partial charge >= 0.3 is 5.97 Å². The highest BCUT2D eigenvalue weighted by Crippen LogP contribution is 2.20. The Labute approximate surface area is 157 Å². The third-order valence-electron chi connectivity index (χ3n) is 3.54. The number of nitriles is 1. The van der Waals surface area contributed by atoms with Crippen LogP contribution in [0.1, 0.15) is 15.9 Å². The van der Waals surface area contributed by atoms with Gasteiger partial charge in [-0.25, -0.2) is 13.2 Å². The predicted molar refractivity (Wildman–Crippen MR) is 99.8 cm³/mol. The summed E-state index contributed by atoms with van der Waals surface area (Å²) in [6, 6.07) is 13.9. The van der Waals surface area contributed by atoms with Gasteiger partial charge in [-0.05, 0) is 42.5 Å². The van der Waals surface area contributed by atoms with Crippen LogP contribution in [0.4, 0.5) is 11.4 Å². The molecule has 0 aliphatic heterocycles. The highest BCUT2D eigenvalue weighted by molar-refractivity contribution is 7.92. The third kappa shape index (κ3) is 5.29. The molecule has 0 aliphatic carbocycles. The van der Waals surface area contributed by atoms with E-state index in [9.17, 15) is 18.0 Å². The van der Waals surface area contributed by atoms with Gasteiger partial charge in [0.25, 0.3) is 0 Å². The molecule has 2 rings (SSSR count). The SMILES string of the molecule is COC(=O)c1cccc(N(CC(=O)Nc2ccc(C#N)cc2)S(C)(=O)=O)c1. The number of methoxy groups -OCH3 is 1. The zero-order chi connectivity index (χ0) is 20.0. The van der Waals surface area contributed by atoms with Gasteiger partial charge in [0.05, 0.1) is 36.2 Å². The average Bonchev–Trinajstić information content (AvgIpc) is 2.65. The number of carbonyl (C=O) groups is 2. The Kier molecular flexibility index (Phi) is 6.15. The normalized spacial score (nSPS) is 10.6. The summed E-state index contributed by atoms with van der Waals surface area (Å²) < 4.78 is 29.8.